The fourth-order valence-corrected chi connectivity index (χ4v) is 5.37. The highest BCUT2D eigenvalue weighted by molar-refractivity contribution is 5.87. The fraction of sp³-hybridized carbons (Fsp3) is 0.750. The van der Waals surface area contributed by atoms with Gasteiger partial charge < -0.3 is 25.6 Å². The standard InChI is InChI=1S/C40H70N2O7/c1-3-5-7-9-10-11-12-13-14-15-16-17-18-19-20-21-22-23-28-32-39(46)49-35(29-25-8-6-4-2)30-26-24-27-31-37(44)41-33-38(45)42-36(34-43)40(47)48/h10-11,13-14,16-17,35-36,43H,3-9,12,15,18-34H2,1-2H3,(H,41,44)(H,42,45)(H,47,48)/b11-10-,14-13-,17-16-. The van der Waals surface area contributed by atoms with Gasteiger partial charge in [-0.15, -0.1) is 0 Å². The third-order valence-electron chi connectivity index (χ3n) is 8.39. The molecule has 0 aromatic rings. The van der Waals surface area contributed by atoms with E-state index in [2.05, 4.69) is 60.9 Å². The van der Waals surface area contributed by atoms with E-state index in [4.69, 9.17) is 14.9 Å². The van der Waals surface area contributed by atoms with Crippen molar-refractivity contribution in [3.63, 3.8) is 0 Å². The molecule has 9 heteroatoms. The van der Waals surface area contributed by atoms with Crippen LogP contribution in [0.1, 0.15) is 168 Å². The van der Waals surface area contributed by atoms with Crippen LogP contribution in [0.15, 0.2) is 36.5 Å². The predicted molar refractivity (Wildman–Crippen MR) is 199 cm³/mol. The summed E-state index contributed by atoms with van der Waals surface area (Å²) in [6, 6.07) is -1.39. The van der Waals surface area contributed by atoms with E-state index in [1.807, 2.05) is 0 Å². The number of hydrogen-bond acceptors (Lipinski definition) is 6. The molecule has 0 rings (SSSR count). The number of aliphatic hydroxyl groups excluding tert-OH is 1. The minimum atomic E-state index is -1.39. The normalized spacial score (nSPS) is 12.9. The van der Waals surface area contributed by atoms with Gasteiger partial charge in [-0.3, -0.25) is 14.4 Å². The van der Waals surface area contributed by atoms with Crippen molar-refractivity contribution in [2.24, 2.45) is 0 Å². The first-order chi connectivity index (χ1) is 23.8. The van der Waals surface area contributed by atoms with Crippen LogP contribution in [0.25, 0.3) is 0 Å². The molecule has 2 atom stereocenters. The molecule has 0 saturated heterocycles. The molecule has 4 N–H and O–H groups in total. The van der Waals surface area contributed by atoms with E-state index in [1.165, 1.54) is 51.4 Å². The van der Waals surface area contributed by atoms with Gasteiger partial charge in [0.2, 0.25) is 11.8 Å². The number of carboxylic acids is 1. The Morgan fingerprint density at radius 1 is 0.612 bits per heavy atom. The van der Waals surface area contributed by atoms with Gasteiger partial charge in [-0.25, -0.2) is 4.79 Å². The smallest absolute Gasteiger partial charge is 0.328 e. The zero-order chi connectivity index (χ0) is 36.2. The lowest BCUT2D eigenvalue weighted by Gasteiger charge is -2.18. The number of hydrogen-bond donors (Lipinski definition) is 4. The minimum absolute atomic E-state index is 0.0868. The Hall–Kier alpha value is -2.94. The predicted octanol–water partition coefficient (Wildman–Crippen LogP) is 8.65. The summed E-state index contributed by atoms with van der Waals surface area (Å²) < 4.78 is 5.88. The van der Waals surface area contributed by atoms with Gasteiger partial charge in [0.25, 0.3) is 0 Å². The molecule has 0 saturated carbocycles. The maximum absolute atomic E-state index is 12.6. The number of rotatable bonds is 34. The number of carboxylic acid groups (broad SMARTS) is 1. The lowest BCUT2D eigenvalue weighted by atomic mass is 10.0. The molecule has 2 amide bonds. The highest BCUT2D eigenvalue weighted by atomic mass is 16.5. The number of ether oxygens (including phenoxy) is 1. The number of esters is 1. The van der Waals surface area contributed by atoms with Crippen LogP contribution in [0.5, 0.6) is 0 Å². The van der Waals surface area contributed by atoms with Crippen LogP contribution in [0.2, 0.25) is 0 Å². The van der Waals surface area contributed by atoms with Crippen LogP contribution >= 0.6 is 0 Å². The van der Waals surface area contributed by atoms with E-state index >= 15 is 0 Å². The number of aliphatic hydroxyl groups is 1. The quantitative estimate of drug-likeness (QED) is 0.0301. The monoisotopic (exact) mass is 691 g/mol. The number of carbonyl (C=O) groups excluding carboxylic acids is 3. The Labute approximate surface area is 297 Å². The van der Waals surface area contributed by atoms with Crippen LogP contribution < -0.4 is 10.6 Å². The SMILES string of the molecule is CCCCC/C=C\C/C=C\C/C=C\CCCCCCCCC(=O)OC(CCCCCC)CCCCCC(=O)NCC(=O)NC(CO)C(=O)O. The van der Waals surface area contributed by atoms with Gasteiger partial charge in [0.15, 0.2) is 0 Å². The molecule has 0 aromatic heterocycles. The van der Waals surface area contributed by atoms with Crippen LogP contribution in [-0.2, 0) is 23.9 Å². The van der Waals surface area contributed by atoms with Crippen molar-refractivity contribution < 1.29 is 34.1 Å². The van der Waals surface area contributed by atoms with E-state index in [9.17, 15) is 19.2 Å². The number of unbranched alkanes of at least 4 members (excludes halogenated alkanes) is 14. The molecular weight excluding hydrogens is 620 g/mol. The maximum Gasteiger partial charge on any atom is 0.328 e. The zero-order valence-electron chi connectivity index (χ0n) is 30.9. The zero-order valence-corrected chi connectivity index (χ0v) is 30.9. The Balaban J connectivity index is 4.04. The lowest BCUT2D eigenvalue weighted by molar-refractivity contribution is -0.150. The third-order valence-corrected chi connectivity index (χ3v) is 8.39. The molecule has 0 fully saturated rings. The topological polar surface area (TPSA) is 142 Å². The Morgan fingerprint density at radius 2 is 1.10 bits per heavy atom. The maximum atomic E-state index is 12.6. The number of carbonyl (C=O) groups is 4. The summed E-state index contributed by atoms with van der Waals surface area (Å²) in [7, 11) is 0. The van der Waals surface area contributed by atoms with Gasteiger partial charge in [0, 0.05) is 12.8 Å². The van der Waals surface area contributed by atoms with Crippen molar-refractivity contribution >= 4 is 23.8 Å². The third kappa shape index (κ3) is 32.0. The van der Waals surface area contributed by atoms with Crippen molar-refractivity contribution in [3.8, 4) is 0 Å². The van der Waals surface area contributed by atoms with E-state index < -0.39 is 24.5 Å². The second kappa shape index (κ2) is 34.9. The van der Waals surface area contributed by atoms with Crippen LogP contribution in [-0.4, -0.2) is 59.3 Å². The highest BCUT2D eigenvalue weighted by Crippen LogP contribution is 2.17. The van der Waals surface area contributed by atoms with Crippen molar-refractivity contribution in [2.75, 3.05) is 13.2 Å². The molecule has 0 aromatic carbocycles. The summed E-state index contributed by atoms with van der Waals surface area (Å²) in [4.78, 5) is 47.3. The molecule has 282 valence electrons. The largest absolute Gasteiger partial charge is 0.480 e. The van der Waals surface area contributed by atoms with E-state index in [0.29, 0.717) is 12.8 Å². The van der Waals surface area contributed by atoms with E-state index in [-0.39, 0.29) is 30.9 Å². The Kier molecular flexibility index (Phi) is 32.8. The summed E-state index contributed by atoms with van der Waals surface area (Å²) in [6.45, 7) is 3.35. The first kappa shape index (κ1) is 46.1. The number of allylic oxidation sites excluding steroid dienone is 6. The average molecular weight is 691 g/mol. The molecule has 49 heavy (non-hydrogen) atoms. The Morgan fingerprint density at radius 3 is 1.69 bits per heavy atom. The molecule has 0 spiro atoms. The fourth-order valence-electron chi connectivity index (χ4n) is 5.37. The highest BCUT2D eigenvalue weighted by Gasteiger charge is 2.19. The molecule has 0 heterocycles. The molecular formula is C40H70N2O7. The van der Waals surface area contributed by atoms with Crippen LogP contribution in [0, 0.1) is 0 Å². The average Bonchev–Trinajstić information content (AvgIpc) is 3.08. The van der Waals surface area contributed by atoms with Gasteiger partial charge in [-0.2, -0.15) is 0 Å². The molecule has 0 aliphatic heterocycles. The van der Waals surface area contributed by atoms with Gasteiger partial charge in [0.1, 0.15) is 12.1 Å². The van der Waals surface area contributed by atoms with Gasteiger partial charge in [0.05, 0.1) is 13.2 Å². The number of amides is 2. The minimum Gasteiger partial charge on any atom is -0.480 e. The summed E-state index contributed by atoms with van der Waals surface area (Å²) >= 11 is 0. The molecule has 0 aliphatic carbocycles. The summed E-state index contributed by atoms with van der Waals surface area (Å²) in [6.07, 6.45) is 37.7. The van der Waals surface area contributed by atoms with Crippen molar-refractivity contribution in [1.82, 2.24) is 10.6 Å². The van der Waals surface area contributed by atoms with Gasteiger partial charge in [-0.1, -0.05) is 115 Å². The van der Waals surface area contributed by atoms with Crippen LogP contribution in [0.3, 0.4) is 0 Å². The van der Waals surface area contributed by atoms with Crippen LogP contribution in [0.4, 0.5) is 0 Å². The number of aliphatic carboxylic acids is 1. The second-order valence-corrected chi connectivity index (χ2v) is 13.0. The summed E-state index contributed by atoms with van der Waals surface area (Å²) in [5, 5.41) is 22.5. The van der Waals surface area contributed by atoms with Gasteiger partial charge >= 0.3 is 11.9 Å². The first-order valence-electron chi connectivity index (χ1n) is 19.4. The molecule has 9 nitrogen and oxygen atoms in total. The molecule has 0 radical (unpaired) electrons. The van der Waals surface area contributed by atoms with Crippen molar-refractivity contribution in [1.29, 1.82) is 0 Å². The first-order valence-corrected chi connectivity index (χ1v) is 19.4. The molecule has 0 bridgehead atoms. The summed E-state index contributed by atoms with van der Waals surface area (Å²) in [5.41, 5.74) is 0. The van der Waals surface area contributed by atoms with Crippen molar-refractivity contribution in [3.05, 3.63) is 36.5 Å². The Bertz CT molecular complexity index is 932. The second-order valence-electron chi connectivity index (χ2n) is 13.0. The van der Waals surface area contributed by atoms with Gasteiger partial charge in [-0.05, 0) is 77.0 Å². The number of nitrogens with one attached hydrogen (secondary N) is 2. The van der Waals surface area contributed by atoms with Crippen molar-refractivity contribution in [2.45, 2.75) is 180 Å². The van der Waals surface area contributed by atoms with E-state index in [1.54, 1.807) is 0 Å². The summed E-state index contributed by atoms with van der Waals surface area (Å²) in [5.74, 6) is -2.41. The van der Waals surface area contributed by atoms with E-state index in [0.717, 1.165) is 83.5 Å². The lowest BCUT2D eigenvalue weighted by Crippen LogP contribution is -2.47. The molecule has 2 unspecified atom stereocenters. The molecule has 0 aliphatic rings.